The number of amides is 7. The van der Waals surface area contributed by atoms with Crippen molar-refractivity contribution in [3.63, 3.8) is 0 Å². The van der Waals surface area contributed by atoms with E-state index in [2.05, 4.69) is 41.9 Å². The Labute approximate surface area is 367 Å². The molecule has 2 aliphatic rings. The summed E-state index contributed by atoms with van der Waals surface area (Å²) < 4.78 is 5.29. The van der Waals surface area contributed by atoms with Gasteiger partial charge in [0.1, 0.15) is 48.0 Å². The van der Waals surface area contributed by atoms with E-state index >= 15 is 0 Å². The maximum atomic E-state index is 14.4. The summed E-state index contributed by atoms with van der Waals surface area (Å²) in [6.45, 7) is 7.45. The van der Waals surface area contributed by atoms with Gasteiger partial charge in [-0.05, 0) is 74.6 Å². The van der Waals surface area contributed by atoms with Crippen LogP contribution in [0.2, 0.25) is 0 Å². The molecule has 20 heteroatoms. The molecule has 0 radical (unpaired) electrons. The second-order valence-electron chi connectivity index (χ2n) is 16.6. The van der Waals surface area contributed by atoms with E-state index in [0.717, 1.165) is 0 Å². The monoisotopic (exact) mass is 880 g/mol. The zero-order valence-electron chi connectivity index (χ0n) is 36.7. The lowest BCUT2D eigenvalue weighted by Gasteiger charge is -2.32. The van der Waals surface area contributed by atoms with Gasteiger partial charge in [-0.1, -0.05) is 46.2 Å². The molecule has 0 unspecified atom stereocenters. The fraction of sp³-hybridized carbons (Fsp3) is 0.605. The molecule has 10 N–H and O–H groups in total. The molecule has 0 bridgehead atoms. The Bertz CT molecular complexity index is 1890. The first-order valence-electron chi connectivity index (χ1n) is 21.7. The summed E-state index contributed by atoms with van der Waals surface area (Å²) in [6.07, 6.45) is 4.25. The van der Waals surface area contributed by atoms with Crippen LogP contribution in [0.4, 0.5) is 0 Å². The third-order valence-electron chi connectivity index (χ3n) is 11.6. The van der Waals surface area contributed by atoms with Crippen molar-refractivity contribution in [1.82, 2.24) is 46.8 Å². The fourth-order valence-corrected chi connectivity index (χ4v) is 7.62. The second-order valence-corrected chi connectivity index (χ2v) is 16.6. The number of H-pyrrole nitrogens is 1. The maximum absolute atomic E-state index is 14.4. The minimum absolute atomic E-state index is 0.0242. The number of rotatable bonds is 13. The minimum Gasteiger partial charge on any atom is -0.497 e. The number of carbonyl (C=O) groups excluding carboxylic acids is 7. The summed E-state index contributed by atoms with van der Waals surface area (Å²) in [5, 5.41) is 26.4. The predicted octanol–water partition coefficient (Wildman–Crippen LogP) is -0.187. The summed E-state index contributed by atoms with van der Waals surface area (Å²) >= 11 is 0. The molecule has 346 valence electrons. The summed E-state index contributed by atoms with van der Waals surface area (Å²) in [6, 6.07) is -1.80. The van der Waals surface area contributed by atoms with Gasteiger partial charge in [-0.2, -0.15) is 0 Å². The molecule has 7 amide bonds. The molecule has 1 aromatic heterocycles. The average Bonchev–Trinajstić information content (AvgIpc) is 3.97. The summed E-state index contributed by atoms with van der Waals surface area (Å²) in [7, 11) is 1.51. The number of carboxylic acid groups (broad SMARTS) is 1. The molecule has 20 nitrogen and oxygen atoms in total. The molecule has 4 rings (SSSR count). The Morgan fingerprint density at radius 1 is 0.825 bits per heavy atom. The second kappa shape index (κ2) is 24.0. The van der Waals surface area contributed by atoms with E-state index in [1.54, 1.807) is 45.0 Å². The van der Waals surface area contributed by atoms with Crippen LogP contribution >= 0.6 is 0 Å². The standard InChI is InChI=1S/C43H64N10O10/c1-6-25(4)36-41(59)50-32(21-27-22-45-23-46-27)42(60)53-19-9-11-33(53)39(57)48-30(43(61)62)16-17-34(54)47-29(10-7-8-18-44)37(55)51-35(24(2)3)40(58)49-31(38(56)52-36)20-26-12-14-28(63-5)15-13-26/h12-15,22-25,29-33,35-36H,6-11,16-21,44H2,1-5H3,(H,45,46)(H,47,54)(H,48,57)(H,49,58)(H,50,59)(H,51,55)(H,52,56)(H,61,62)/t25-,29-,30+,31-,32-,33+,35+,36+/m0/s1. The van der Waals surface area contributed by atoms with E-state index < -0.39 is 108 Å². The van der Waals surface area contributed by atoms with Crippen molar-refractivity contribution in [1.29, 1.82) is 0 Å². The third kappa shape index (κ3) is 14.2. The van der Waals surface area contributed by atoms with Gasteiger partial charge in [0.15, 0.2) is 0 Å². The Hall–Kier alpha value is -6.05. The highest BCUT2D eigenvalue weighted by Crippen LogP contribution is 2.21. The molecule has 0 aliphatic carbocycles. The van der Waals surface area contributed by atoms with E-state index in [-0.39, 0.29) is 38.6 Å². The average molecular weight is 881 g/mol. The molecular formula is C43H64N10O10. The number of aromatic nitrogens is 2. The summed E-state index contributed by atoms with van der Waals surface area (Å²) in [5.41, 5.74) is 6.84. The van der Waals surface area contributed by atoms with Gasteiger partial charge in [0.25, 0.3) is 0 Å². The van der Waals surface area contributed by atoms with Gasteiger partial charge in [-0.15, -0.1) is 0 Å². The van der Waals surface area contributed by atoms with E-state index in [1.807, 2.05) is 6.92 Å². The highest BCUT2D eigenvalue weighted by molar-refractivity contribution is 5.98. The lowest BCUT2D eigenvalue weighted by Crippen LogP contribution is -2.61. The number of carboxylic acids is 1. The molecule has 2 fully saturated rings. The van der Waals surface area contributed by atoms with Crippen molar-refractivity contribution in [2.24, 2.45) is 17.6 Å². The Kier molecular flexibility index (Phi) is 18.9. The summed E-state index contributed by atoms with van der Waals surface area (Å²) in [4.78, 5) is 119. The van der Waals surface area contributed by atoms with Gasteiger partial charge in [0, 0.05) is 37.7 Å². The van der Waals surface area contributed by atoms with Gasteiger partial charge < -0.3 is 57.4 Å². The van der Waals surface area contributed by atoms with Crippen molar-refractivity contribution >= 4 is 47.3 Å². The number of aromatic amines is 1. The first-order chi connectivity index (χ1) is 30.1. The van der Waals surface area contributed by atoms with Crippen molar-refractivity contribution in [3.8, 4) is 5.75 Å². The number of methoxy groups -OCH3 is 1. The fourth-order valence-electron chi connectivity index (χ4n) is 7.62. The topological polar surface area (TPSA) is 296 Å². The third-order valence-corrected chi connectivity index (χ3v) is 11.6. The molecule has 8 atom stereocenters. The molecule has 0 spiro atoms. The number of carbonyl (C=O) groups is 8. The molecule has 2 saturated heterocycles. The number of benzene rings is 1. The maximum Gasteiger partial charge on any atom is 0.326 e. The van der Waals surface area contributed by atoms with E-state index in [0.29, 0.717) is 49.2 Å². The Morgan fingerprint density at radius 3 is 2.11 bits per heavy atom. The molecule has 3 heterocycles. The zero-order valence-corrected chi connectivity index (χ0v) is 36.7. The Balaban J connectivity index is 1.78. The molecule has 0 saturated carbocycles. The van der Waals surface area contributed by atoms with E-state index in [9.17, 15) is 43.5 Å². The van der Waals surface area contributed by atoms with Crippen molar-refractivity contribution in [3.05, 3.63) is 48.0 Å². The molecule has 1 aromatic carbocycles. The van der Waals surface area contributed by atoms with Crippen LogP contribution in [-0.4, -0.2) is 130 Å². The number of hydrogen-bond donors (Lipinski definition) is 9. The predicted molar refractivity (Wildman–Crippen MR) is 229 cm³/mol. The summed E-state index contributed by atoms with van der Waals surface area (Å²) in [5.74, 6) is -6.65. The van der Waals surface area contributed by atoms with Gasteiger partial charge in [-0.25, -0.2) is 9.78 Å². The van der Waals surface area contributed by atoms with Crippen LogP contribution in [0.5, 0.6) is 5.75 Å². The van der Waals surface area contributed by atoms with Crippen molar-refractivity contribution in [2.45, 2.75) is 134 Å². The largest absolute Gasteiger partial charge is 0.497 e. The number of nitrogens with two attached hydrogens (primary N) is 1. The van der Waals surface area contributed by atoms with Gasteiger partial charge >= 0.3 is 5.97 Å². The number of hydrogen-bond acceptors (Lipinski definition) is 11. The van der Waals surface area contributed by atoms with E-state index in [1.165, 1.54) is 24.5 Å². The van der Waals surface area contributed by atoms with Crippen LogP contribution in [0.25, 0.3) is 0 Å². The van der Waals surface area contributed by atoms with Crippen LogP contribution in [0.1, 0.15) is 90.3 Å². The smallest absolute Gasteiger partial charge is 0.326 e. The van der Waals surface area contributed by atoms with Crippen LogP contribution in [0.3, 0.4) is 0 Å². The molecule has 2 aliphatic heterocycles. The van der Waals surface area contributed by atoms with Crippen molar-refractivity contribution < 1.29 is 48.2 Å². The van der Waals surface area contributed by atoms with Crippen LogP contribution in [0, 0.1) is 11.8 Å². The Morgan fingerprint density at radius 2 is 1.49 bits per heavy atom. The van der Waals surface area contributed by atoms with E-state index in [4.69, 9.17) is 10.5 Å². The first kappa shape index (κ1) is 49.6. The molecule has 2 aromatic rings. The number of unbranched alkanes of at least 4 members (excludes halogenated alkanes) is 1. The number of nitrogens with zero attached hydrogens (tertiary/aromatic N) is 2. The number of imidazole rings is 1. The molecular weight excluding hydrogens is 817 g/mol. The quantitative estimate of drug-likeness (QED) is 0.118. The van der Waals surface area contributed by atoms with Crippen LogP contribution in [-0.2, 0) is 51.2 Å². The SMILES string of the molecule is CC[C@H](C)[C@H]1NC(=O)[C@H](Cc2ccc(OC)cc2)NC(=O)[C@@H](C(C)C)NC(=O)[C@H](CCCCN)NC(=O)CC[C@H](C(=O)O)NC(=O)[C@H]2CCCN2C(=O)[C@H](Cc2cnc[nH]2)NC1=O. The number of aliphatic carboxylic acids is 1. The highest BCUT2D eigenvalue weighted by Gasteiger charge is 2.41. The van der Waals surface area contributed by atoms with Gasteiger partial charge in [0.05, 0.1) is 13.4 Å². The van der Waals surface area contributed by atoms with Crippen LogP contribution < -0.4 is 42.4 Å². The number of nitrogens with one attached hydrogen (secondary N) is 7. The highest BCUT2D eigenvalue weighted by atomic mass is 16.5. The van der Waals surface area contributed by atoms with Gasteiger partial charge in [-0.3, -0.25) is 33.6 Å². The normalized spacial score (nSPS) is 25.5. The minimum atomic E-state index is -1.52. The molecule has 63 heavy (non-hydrogen) atoms. The van der Waals surface area contributed by atoms with Crippen LogP contribution in [0.15, 0.2) is 36.8 Å². The lowest BCUT2D eigenvalue weighted by atomic mass is 9.96. The first-order valence-corrected chi connectivity index (χ1v) is 21.7. The zero-order chi connectivity index (χ0) is 46.2. The number of fused-ring (bicyclic) bond motifs is 1. The number of ether oxygens (including phenoxy) is 1. The van der Waals surface area contributed by atoms with Gasteiger partial charge in [0.2, 0.25) is 41.4 Å². The van der Waals surface area contributed by atoms with Crippen molar-refractivity contribution in [2.75, 3.05) is 20.2 Å². The lowest BCUT2D eigenvalue weighted by molar-refractivity contribution is -0.145.